The Morgan fingerprint density at radius 1 is 1.06 bits per heavy atom. The highest BCUT2D eigenvalue weighted by atomic mass is 32.2. The molecule has 0 spiro atoms. The van der Waals surface area contributed by atoms with Crippen LogP contribution in [-0.2, 0) is 14.9 Å². The number of methoxy groups -OCH3 is 2. The topological polar surface area (TPSA) is 158 Å². The molecule has 0 radical (unpaired) electrons. The van der Waals surface area contributed by atoms with E-state index >= 15 is 0 Å². The molecule has 0 bridgehead atoms. The number of para-hydroxylation sites is 1. The van der Waals surface area contributed by atoms with Crippen molar-refractivity contribution in [2.75, 3.05) is 19.5 Å². The van der Waals surface area contributed by atoms with Crippen molar-refractivity contribution >= 4 is 33.5 Å². The van der Waals surface area contributed by atoms with E-state index in [0.29, 0.717) is 0 Å². The van der Waals surface area contributed by atoms with Crippen LogP contribution in [0.3, 0.4) is 0 Å². The third-order valence-electron chi connectivity index (χ3n) is 4.77. The lowest BCUT2D eigenvalue weighted by Gasteiger charge is -2.13. The molecule has 1 amide bonds. The maximum absolute atomic E-state index is 12.8. The van der Waals surface area contributed by atoms with Crippen LogP contribution in [0.2, 0.25) is 0 Å². The van der Waals surface area contributed by atoms with E-state index in [9.17, 15) is 28.6 Å². The molecule has 3 aromatic carbocycles. The van der Waals surface area contributed by atoms with Crippen molar-refractivity contribution in [3.05, 3.63) is 88.0 Å². The van der Waals surface area contributed by atoms with Gasteiger partial charge in [-0.2, -0.15) is 13.7 Å². The van der Waals surface area contributed by atoms with E-state index in [1.54, 1.807) is 12.1 Å². The van der Waals surface area contributed by atoms with E-state index in [1.165, 1.54) is 68.8 Å². The molecule has 0 atom stereocenters. The van der Waals surface area contributed by atoms with Crippen LogP contribution < -0.4 is 19.0 Å². The number of benzene rings is 3. The summed E-state index contributed by atoms with van der Waals surface area (Å²) in [6.07, 6.45) is 1.09. The number of anilines is 1. The van der Waals surface area contributed by atoms with Crippen LogP contribution in [0, 0.1) is 21.4 Å². The largest absolute Gasteiger partial charge is 0.496 e. The first kappa shape index (κ1) is 25.7. The van der Waals surface area contributed by atoms with Crippen LogP contribution in [-0.4, -0.2) is 33.5 Å². The maximum Gasteiger partial charge on any atom is 0.339 e. The first-order chi connectivity index (χ1) is 17.2. The third kappa shape index (κ3) is 5.78. The van der Waals surface area contributed by atoms with Crippen LogP contribution in [0.1, 0.15) is 5.56 Å². The van der Waals surface area contributed by atoms with Gasteiger partial charge >= 0.3 is 10.1 Å². The Labute approximate surface area is 206 Å². The smallest absolute Gasteiger partial charge is 0.339 e. The van der Waals surface area contributed by atoms with Crippen LogP contribution in [0.15, 0.2) is 77.2 Å². The van der Waals surface area contributed by atoms with Crippen molar-refractivity contribution in [1.29, 1.82) is 5.26 Å². The average Bonchev–Trinajstić information content (AvgIpc) is 2.88. The van der Waals surface area contributed by atoms with Crippen LogP contribution >= 0.6 is 0 Å². The molecule has 0 aliphatic carbocycles. The number of amides is 1. The SMILES string of the molecule is COc1ccc(NC(=O)/C(C#N)=C/c2cccc(OC)c2OS(=O)(=O)c2ccccc2)c([N+](=O)[O-])c1. The van der Waals surface area contributed by atoms with Gasteiger partial charge in [-0.1, -0.05) is 30.3 Å². The zero-order valence-electron chi connectivity index (χ0n) is 19.0. The van der Waals surface area contributed by atoms with E-state index in [2.05, 4.69) is 5.32 Å². The molecule has 0 aromatic heterocycles. The summed E-state index contributed by atoms with van der Waals surface area (Å²) in [5.41, 5.74) is -1.04. The van der Waals surface area contributed by atoms with Crippen LogP contribution in [0.5, 0.6) is 17.2 Å². The lowest BCUT2D eigenvalue weighted by atomic mass is 10.1. The molecule has 0 fully saturated rings. The summed E-state index contributed by atoms with van der Waals surface area (Å²) in [5, 5.41) is 23.3. The lowest BCUT2D eigenvalue weighted by Crippen LogP contribution is -2.15. The Morgan fingerprint density at radius 3 is 2.39 bits per heavy atom. The van der Waals surface area contributed by atoms with Gasteiger partial charge in [0.2, 0.25) is 0 Å². The summed E-state index contributed by atoms with van der Waals surface area (Å²) in [5.74, 6) is -0.981. The molecule has 0 saturated heterocycles. The average molecular weight is 509 g/mol. The van der Waals surface area contributed by atoms with E-state index in [4.69, 9.17) is 13.7 Å². The Hall–Kier alpha value is -4.89. The zero-order chi connectivity index (χ0) is 26.3. The monoisotopic (exact) mass is 509 g/mol. The molecule has 0 heterocycles. The maximum atomic E-state index is 12.8. The third-order valence-corrected chi connectivity index (χ3v) is 6.00. The summed E-state index contributed by atoms with van der Waals surface area (Å²) in [6, 6.07) is 17.2. The number of carbonyl (C=O) groups excluding carboxylic acids is 1. The summed E-state index contributed by atoms with van der Waals surface area (Å²) in [6.45, 7) is 0. The van der Waals surface area contributed by atoms with Crippen molar-refractivity contribution in [1.82, 2.24) is 0 Å². The minimum absolute atomic E-state index is 0.0340. The number of nitrogens with zero attached hydrogens (tertiary/aromatic N) is 2. The molecule has 1 N–H and O–H groups in total. The van der Waals surface area contributed by atoms with Crippen LogP contribution in [0.25, 0.3) is 6.08 Å². The second-order valence-corrected chi connectivity index (χ2v) is 8.54. The van der Waals surface area contributed by atoms with E-state index in [-0.39, 0.29) is 33.4 Å². The molecule has 184 valence electrons. The molecule has 0 aliphatic heterocycles. The summed E-state index contributed by atoms with van der Waals surface area (Å²) < 4.78 is 41.1. The predicted octanol–water partition coefficient (Wildman–Crippen LogP) is 3.93. The van der Waals surface area contributed by atoms with Crippen molar-refractivity contribution in [2.45, 2.75) is 4.90 Å². The van der Waals surface area contributed by atoms with Gasteiger partial charge in [-0.05, 0) is 36.4 Å². The number of rotatable bonds is 9. The Balaban J connectivity index is 2.00. The van der Waals surface area contributed by atoms with Gasteiger partial charge in [-0.15, -0.1) is 0 Å². The second kappa shape index (κ2) is 11.0. The number of ether oxygens (including phenoxy) is 2. The number of carbonyl (C=O) groups is 1. The van der Waals surface area contributed by atoms with Crippen LogP contribution in [0.4, 0.5) is 11.4 Å². The second-order valence-electron chi connectivity index (χ2n) is 6.99. The Bertz CT molecular complexity index is 1480. The van der Waals surface area contributed by atoms with Gasteiger partial charge in [-0.25, -0.2) is 0 Å². The van der Waals surface area contributed by atoms with Gasteiger partial charge in [-0.3, -0.25) is 14.9 Å². The highest BCUT2D eigenvalue weighted by Gasteiger charge is 2.23. The Kier molecular flexibility index (Phi) is 7.88. The number of hydrogen-bond donors (Lipinski definition) is 1. The number of hydrogen-bond acceptors (Lipinski definition) is 9. The molecule has 0 unspecified atom stereocenters. The van der Waals surface area contributed by atoms with Gasteiger partial charge < -0.3 is 19.0 Å². The highest BCUT2D eigenvalue weighted by Crippen LogP contribution is 2.35. The van der Waals surface area contributed by atoms with Crippen molar-refractivity contribution in [2.24, 2.45) is 0 Å². The van der Waals surface area contributed by atoms with E-state index in [0.717, 1.165) is 12.1 Å². The molecular formula is C24H19N3O8S. The fraction of sp³-hybridized carbons (Fsp3) is 0.0833. The number of nitrogens with one attached hydrogen (secondary N) is 1. The van der Waals surface area contributed by atoms with Crippen molar-refractivity contribution in [3.8, 4) is 23.3 Å². The molecule has 36 heavy (non-hydrogen) atoms. The van der Waals surface area contributed by atoms with Crippen molar-refractivity contribution < 1.29 is 31.8 Å². The molecule has 11 nitrogen and oxygen atoms in total. The molecule has 3 rings (SSSR count). The van der Waals surface area contributed by atoms with Gasteiger partial charge in [0.25, 0.3) is 11.6 Å². The highest BCUT2D eigenvalue weighted by molar-refractivity contribution is 7.87. The van der Waals surface area contributed by atoms with Gasteiger partial charge in [0, 0.05) is 5.56 Å². The summed E-state index contributed by atoms with van der Waals surface area (Å²) in [7, 11) is -1.65. The number of nitro groups is 1. The fourth-order valence-electron chi connectivity index (χ4n) is 3.03. The van der Waals surface area contributed by atoms with E-state index < -0.39 is 32.2 Å². The minimum atomic E-state index is -4.28. The standard InChI is InChI=1S/C24H19N3O8S/c1-33-18-11-12-20(21(14-18)27(29)30)26-24(28)17(15-25)13-16-7-6-10-22(34-2)23(16)35-36(31,32)19-8-4-3-5-9-19/h3-14H,1-2H3,(H,26,28)/b17-13+. The van der Waals surface area contributed by atoms with Gasteiger partial charge in [0.05, 0.1) is 25.2 Å². The zero-order valence-corrected chi connectivity index (χ0v) is 19.8. The quantitative estimate of drug-likeness (QED) is 0.148. The summed E-state index contributed by atoms with van der Waals surface area (Å²) in [4.78, 5) is 23.4. The van der Waals surface area contributed by atoms with Crippen molar-refractivity contribution in [3.63, 3.8) is 0 Å². The molecule has 12 heteroatoms. The first-order valence-electron chi connectivity index (χ1n) is 10.1. The van der Waals surface area contributed by atoms with Gasteiger partial charge in [0.1, 0.15) is 28.0 Å². The molecule has 0 aliphatic rings. The van der Waals surface area contributed by atoms with E-state index in [1.807, 2.05) is 0 Å². The summed E-state index contributed by atoms with van der Waals surface area (Å²) >= 11 is 0. The number of nitriles is 1. The molecule has 0 saturated carbocycles. The number of nitro benzene ring substituents is 1. The first-order valence-corrected chi connectivity index (χ1v) is 11.5. The molecule has 3 aromatic rings. The van der Waals surface area contributed by atoms with Gasteiger partial charge in [0.15, 0.2) is 11.5 Å². The normalized spacial score (nSPS) is 11.2. The predicted molar refractivity (Wildman–Crippen MR) is 129 cm³/mol. The molecular weight excluding hydrogens is 490 g/mol. The Morgan fingerprint density at radius 2 is 1.78 bits per heavy atom. The lowest BCUT2D eigenvalue weighted by molar-refractivity contribution is -0.384. The minimum Gasteiger partial charge on any atom is -0.496 e. The fourth-order valence-corrected chi connectivity index (χ4v) is 4.01.